The molecule has 0 spiro atoms. The summed E-state index contributed by atoms with van der Waals surface area (Å²) in [7, 11) is 0. The lowest BCUT2D eigenvalue weighted by Crippen LogP contribution is -2.53. The summed E-state index contributed by atoms with van der Waals surface area (Å²) in [6.07, 6.45) is 0.0918. The van der Waals surface area contributed by atoms with E-state index in [1.165, 1.54) is 16.9 Å². The van der Waals surface area contributed by atoms with Gasteiger partial charge in [-0.1, -0.05) is 6.07 Å². The number of alkyl halides is 3. The maximum Gasteiger partial charge on any atom is 0.416 e. The van der Waals surface area contributed by atoms with Crippen molar-refractivity contribution in [2.45, 2.75) is 46.1 Å². The number of piperazine rings is 1. The van der Waals surface area contributed by atoms with E-state index in [1.807, 2.05) is 6.92 Å². The number of aromatic nitrogens is 5. The van der Waals surface area contributed by atoms with Crippen LogP contribution in [0.25, 0.3) is 6.08 Å². The number of tetrazole rings is 1. The maximum atomic E-state index is 13.3. The Morgan fingerprint density at radius 2 is 2.03 bits per heavy atom. The summed E-state index contributed by atoms with van der Waals surface area (Å²) in [5.41, 5.74) is 0.886. The Labute approximate surface area is 200 Å². The van der Waals surface area contributed by atoms with Crippen molar-refractivity contribution in [3.05, 3.63) is 64.6 Å². The maximum absolute atomic E-state index is 13.3. The molecule has 1 fully saturated rings. The number of oxazole rings is 1. The second-order valence-electron chi connectivity index (χ2n) is 8.59. The third-order valence-electron chi connectivity index (χ3n) is 5.79. The molecule has 0 saturated carbocycles. The molecule has 0 bridgehead atoms. The molecule has 0 unspecified atom stereocenters. The van der Waals surface area contributed by atoms with Crippen LogP contribution in [0.5, 0.6) is 0 Å². The summed E-state index contributed by atoms with van der Waals surface area (Å²) in [6, 6.07) is 3.37. The van der Waals surface area contributed by atoms with Crippen molar-refractivity contribution in [1.82, 2.24) is 35.0 Å². The van der Waals surface area contributed by atoms with E-state index in [0.717, 1.165) is 17.8 Å². The van der Waals surface area contributed by atoms with Crippen molar-refractivity contribution in [2.24, 2.45) is 0 Å². The fraction of sp³-hybridized carbons (Fsp3) is 0.435. The number of carbonyl (C=O) groups excluding carboxylic acids is 1. The smallest absolute Gasteiger partial charge is 0.416 e. The van der Waals surface area contributed by atoms with Crippen LogP contribution in [0.2, 0.25) is 0 Å². The van der Waals surface area contributed by atoms with E-state index in [1.54, 1.807) is 31.1 Å². The van der Waals surface area contributed by atoms with Gasteiger partial charge in [0.1, 0.15) is 6.26 Å². The number of hydrogen-bond acceptors (Lipinski definition) is 7. The summed E-state index contributed by atoms with van der Waals surface area (Å²) in [5.74, 6) is 0.829. The Kier molecular flexibility index (Phi) is 7.01. The SMILES string of the molecule is Cc1nnn(Cc2cc(C(F)(F)F)ccc2/C=C/C(=O)N2CCN(Cc3coc(C)n3)C[C@H]2C)n1. The molecule has 1 aliphatic heterocycles. The largest absolute Gasteiger partial charge is 0.449 e. The molecule has 0 radical (unpaired) electrons. The number of carbonyl (C=O) groups is 1. The van der Waals surface area contributed by atoms with Gasteiger partial charge in [0.2, 0.25) is 5.91 Å². The van der Waals surface area contributed by atoms with E-state index < -0.39 is 11.7 Å². The summed E-state index contributed by atoms with van der Waals surface area (Å²) in [5, 5.41) is 11.7. The number of hydrogen-bond donors (Lipinski definition) is 0. The van der Waals surface area contributed by atoms with E-state index >= 15 is 0 Å². The average molecular weight is 490 g/mol. The highest BCUT2D eigenvalue weighted by molar-refractivity contribution is 5.92. The van der Waals surface area contributed by atoms with Crippen LogP contribution < -0.4 is 0 Å². The molecule has 1 amide bonds. The first-order valence-electron chi connectivity index (χ1n) is 11.1. The van der Waals surface area contributed by atoms with Gasteiger partial charge in [-0.05, 0) is 48.4 Å². The molecule has 1 aliphatic rings. The summed E-state index contributed by atoms with van der Waals surface area (Å²) >= 11 is 0. The molecule has 2 aromatic heterocycles. The summed E-state index contributed by atoms with van der Waals surface area (Å²) in [6.45, 7) is 7.92. The lowest BCUT2D eigenvalue weighted by atomic mass is 10.0. The zero-order valence-corrected chi connectivity index (χ0v) is 19.7. The monoisotopic (exact) mass is 489 g/mol. The molecule has 12 heteroatoms. The molecule has 1 atom stereocenters. The van der Waals surface area contributed by atoms with E-state index in [4.69, 9.17) is 4.42 Å². The predicted molar refractivity (Wildman–Crippen MR) is 120 cm³/mol. The Morgan fingerprint density at radius 1 is 1.23 bits per heavy atom. The molecule has 4 rings (SSSR count). The zero-order chi connectivity index (χ0) is 25.2. The number of benzene rings is 1. The second kappa shape index (κ2) is 9.98. The third kappa shape index (κ3) is 6.13. The molecule has 1 saturated heterocycles. The van der Waals surface area contributed by atoms with Crippen LogP contribution in [0.1, 0.15) is 41.0 Å². The molecule has 0 N–H and O–H groups in total. The van der Waals surface area contributed by atoms with Crippen molar-refractivity contribution in [3.63, 3.8) is 0 Å². The Hall–Kier alpha value is -3.54. The van der Waals surface area contributed by atoms with Gasteiger partial charge in [-0.15, -0.1) is 10.2 Å². The first-order valence-corrected chi connectivity index (χ1v) is 11.1. The molecule has 9 nitrogen and oxygen atoms in total. The fourth-order valence-corrected chi connectivity index (χ4v) is 4.10. The van der Waals surface area contributed by atoms with Gasteiger partial charge in [0, 0.05) is 45.2 Å². The van der Waals surface area contributed by atoms with E-state index in [-0.39, 0.29) is 18.5 Å². The number of nitrogens with zero attached hydrogens (tertiary/aromatic N) is 7. The highest BCUT2D eigenvalue weighted by Crippen LogP contribution is 2.31. The third-order valence-corrected chi connectivity index (χ3v) is 5.79. The molecule has 3 heterocycles. The van der Waals surface area contributed by atoms with Crippen molar-refractivity contribution in [3.8, 4) is 0 Å². The molecular weight excluding hydrogens is 463 g/mol. The lowest BCUT2D eigenvalue weighted by Gasteiger charge is -2.39. The van der Waals surface area contributed by atoms with E-state index in [2.05, 4.69) is 25.3 Å². The fourth-order valence-electron chi connectivity index (χ4n) is 4.10. The van der Waals surface area contributed by atoms with Crippen LogP contribution in [-0.4, -0.2) is 66.6 Å². The molecule has 35 heavy (non-hydrogen) atoms. The predicted octanol–water partition coefficient (Wildman–Crippen LogP) is 3.09. The minimum atomic E-state index is -4.49. The second-order valence-corrected chi connectivity index (χ2v) is 8.59. The number of aryl methyl sites for hydroxylation is 2. The van der Waals surface area contributed by atoms with Gasteiger partial charge in [-0.25, -0.2) is 4.98 Å². The van der Waals surface area contributed by atoms with Gasteiger partial charge >= 0.3 is 6.18 Å². The molecule has 0 aliphatic carbocycles. The van der Waals surface area contributed by atoms with Crippen molar-refractivity contribution < 1.29 is 22.4 Å². The van der Waals surface area contributed by atoms with Crippen LogP contribution in [0.4, 0.5) is 13.2 Å². The van der Waals surface area contributed by atoms with E-state index in [0.29, 0.717) is 49.0 Å². The van der Waals surface area contributed by atoms with Crippen LogP contribution in [-0.2, 0) is 24.1 Å². The highest BCUT2D eigenvalue weighted by Gasteiger charge is 2.31. The van der Waals surface area contributed by atoms with Crippen LogP contribution >= 0.6 is 0 Å². The van der Waals surface area contributed by atoms with Crippen molar-refractivity contribution >= 4 is 12.0 Å². The molecule has 3 aromatic rings. The highest BCUT2D eigenvalue weighted by atomic mass is 19.4. The minimum absolute atomic E-state index is 0.00474. The first-order chi connectivity index (χ1) is 16.6. The quantitative estimate of drug-likeness (QED) is 0.491. The molecule has 1 aromatic carbocycles. The normalized spacial score (nSPS) is 17.4. The topological polar surface area (TPSA) is 93.2 Å². The number of rotatable bonds is 6. The zero-order valence-electron chi connectivity index (χ0n) is 19.7. The minimum Gasteiger partial charge on any atom is -0.449 e. The van der Waals surface area contributed by atoms with E-state index in [9.17, 15) is 18.0 Å². The standard InChI is InChI=1S/C23H26F3N7O2/c1-15-11-31(13-21-14-35-17(3)27-21)8-9-32(15)22(34)7-5-18-4-6-20(23(24,25)26)10-19(18)12-33-29-16(2)28-30-33/h4-7,10,14-15H,8-9,11-13H2,1-3H3/b7-5+/t15-/m1/s1. The first kappa shape index (κ1) is 24.6. The van der Waals surface area contributed by atoms with Crippen molar-refractivity contribution in [1.29, 1.82) is 0 Å². The Bertz CT molecular complexity index is 1220. The lowest BCUT2D eigenvalue weighted by molar-refractivity contribution is -0.137. The number of halogens is 3. The van der Waals surface area contributed by atoms with Gasteiger partial charge < -0.3 is 9.32 Å². The Balaban J connectivity index is 1.46. The van der Waals surface area contributed by atoms with Gasteiger partial charge in [-0.2, -0.15) is 18.0 Å². The Morgan fingerprint density at radius 3 is 2.66 bits per heavy atom. The van der Waals surface area contributed by atoms with Crippen LogP contribution in [0.3, 0.4) is 0 Å². The molecular formula is C23H26F3N7O2. The van der Waals surface area contributed by atoms with Gasteiger partial charge in [0.05, 0.1) is 17.8 Å². The number of amides is 1. The van der Waals surface area contributed by atoms with Crippen molar-refractivity contribution in [2.75, 3.05) is 19.6 Å². The summed E-state index contributed by atoms with van der Waals surface area (Å²) in [4.78, 5) is 22.4. The van der Waals surface area contributed by atoms with Crippen LogP contribution in [0, 0.1) is 13.8 Å². The summed E-state index contributed by atoms with van der Waals surface area (Å²) < 4.78 is 45.1. The van der Waals surface area contributed by atoms with Gasteiger partial charge in [-0.3, -0.25) is 9.69 Å². The van der Waals surface area contributed by atoms with Gasteiger partial charge in [0.15, 0.2) is 11.7 Å². The van der Waals surface area contributed by atoms with Crippen LogP contribution in [0.15, 0.2) is 35.0 Å². The van der Waals surface area contributed by atoms with Gasteiger partial charge in [0.25, 0.3) is 0 Å². The molecule has 186 valence electrons. The average Bonchev–Trinajstić information content (AvgIpc) is 3.39.